The van der Waals surface area contributed by atoms with Gasteiger partial charge >= 0.3 is 0 Å². The van der Waals surface area contributed by atoms with E-state index in [1.54, 1.807) is 0 Å². The Balaban J connectivity index is 0.989. The molecule has 0 radical (unpaired) electrons. The first kappa shape index (κ1) is 53.3. The van der Waals surface area contributed by atoms with Gasteiger partial charge in [-0.2, -0.15) is 0 Å². The van der Waals surface area contributed by atoms with Crippen molar-refractivity contribution in [2.24, 2.45) is 0 Å². The van der Waals surface area contributed by atoms with Crippen molar-refractivity contribution in [2.75, 3.05) is 0 Å². The fraction of sp³-hybridized carbons (Fsp3) is 0. The summed E-state index contributed by atoms with van der Waals surface area (Å²) in [6, 6.07) is 114. The Morgan fingerprint density at radius 2 is 0.441 bits per heavy atom. The Morgan fingerprint density at radius 1 is 0.172 bits per heavy atom. The molecule has 9 nitrogen and oxygen atoms in total. The molecule has 13 aromatic carbocycles. The number of aromatic nitrogens is 9. The summed E-state index contributed by atoms with van der Waals surface area (Å²) < 4.78 is 7.36. The van der Waals surface area contributed by atoms with Crippen LogP contribution in [0.15, 0.2) is 322 Å². The molecule has 5 aromatic heterocycles. The van der Waals surface area contributed by atoms with Crippen molar-refractivity contribution in [3.8, 4) is 108 Å². The van der Waals surface area contributed by atoms with Gasteiger partial charge in [-0.05, 0) is 72.8 Å². The second-order valence-electron chi connectivity index (χ2n) is 23.4. The lowest BCUT2D eigenvalue weighted by Gasteiger charge is -2.24. The predicted octanol–water partition coefficient (Wildman–Crippen LogP) is 20.7. The van der Waals surface area contributed by atoms with Crippen molar-refractivity contribution in [1.29, 1.82) is 0 Å². The zero-order valence-electron chi connectivity index (χ0n) is 50.1. The van der Waals surface area contributed by atoms with E-state index in [0.717, 1.165) is 117 Å². The number of rotatable bonds is 11. The molecule has 0 aliphatic carbocycles. The third-order valence-corrected chi connectivity index (χ3v) is 18.0. The molecule has 0 bridgehead atoms. The number of hydrogen-bond acceptors (Lipinski definition) is 6. The molecule has 0 aliphatic rings. The van der Waals surface area contributed by atoms with Gasteiger partial charge in [-0.1, -0.05) is 249 Å². The summed E-state index contributed by atoms with van der Waals surface area (Å²) in [5.74, 6) is 3.47. The fourth-order valence-corrected chi connectivity index (χ4v) is 13.8. The SMILES string of the molecule is c1ccc(-c2nc(-c3ccccc3)nc(-c3cc(-c4ccccc4-n4c5ccccc5c5ccccc54)c(-n4c5ccccc5c5cc(-c6nc(-c7ccccc7)nc(-c7ccccc7)n6)ccc54)c(-c4ccccc4-n4c5ccccc5c5ccccc54)c3)n2)cc1. The Morgan fingerprint density at radius 3 is 0.806 bits per heavy atom. The average Bonchev–Trinajstić information content (AvgIpc) is 1.66. The summed E-state index contributed by atoms with van der Waals surface area (Å²) in [6.45, 7) is 0. The van der Waals surface area contributed by atoms with Crippen LogP contribution >= 0.6 is 0 Å². The maximum absolute atomic E-state index is 5.50. The van der Waals surface area contributed by atoms with Crippen LogP contribution in [0.5, 0.6) is 0 Å². The van der Waals surface area contributed by atoms with E-state index in [1.165, 1.54) is 21.5 Å². The maximum Gasteiger partial charge on any atom is 0.164 e. The predicted molar refractivity (Wildman–Crippen MR) is 380 cm³/mol. The summed E-state index contributed by atoms with van der Waals surface area (Å²) in [5.41, 5.74) is 18.6. The number of hydrogen-bond donors (Lipinski definition) is 0. The second-order valence-corrected chi connectivity index (χ2v) is 23.4. The van der Waals surface area contributed by atoms with Crippen LogP contribution < -0.4 is 0 Å². The molecule has 0 saturated carbocycles. The molecular weight excluding hydrogens is 1130 g/mol. The Hall–Kier alpha value is -12.7. The highest BCUT2D eigenvalue weighted by Gasteiger charge is 2.28. The van der Waals surface area contributed by atoms with E-state index in [2.05, 4.69) is 262 Å². The molecule has 0 aliphatic heterocycles. The van der Waals surface area contributed by atoms with Gasteiger partial charge in [0.15, 0.2) is 34.9 Å². The lowest BCUT2D eigenvalue weighted by Crippen LogP contribution is -2.07. The van der Waals surface area contributed by atoms with Crippen molar-refractivity contribution in [3.05, 3.63) is 322 Å². The van der Waals surface area contributed by atoms with Crippen molar-refractivity contribution in [2.45, 2.75) is 0 Å². The highest BCUT2D eigenvalue weighted by atomic mass is 15.1. The largest absolute Gasteiger partial charge is 0.309 e. The summed E-state index contributed by atoms with van der Waals surface area (Å²) >= 11 is 0. The fourth-order valence-electron chi connectivity index (χ4n) is 13.8. The van der Waals surface area contributed by atoms with E-state index in [0.29, 0.717) is 34.9 Å². The Kier molecular flexibility index (Phi) is 12.7. The monoisotopic (exact) mass is 1190 g/mol. The van der Waals surface area contributed by atoms with Crippen LogP contribution in [0.2, 0.25) is 0 Å². The molecule has 18 aromatic rings. The number of para-hydroxylation sites is 7. The topological polar surface area (TPSA) is 92.1 Å². The molecule has 5 heterocycles. The van der Waals surface area contributed by atoms with E-state index < -0.39 is 0 Å². The van der Waals surface area contributed by atoms with Crippen LogP contribution in [0.4, 0.5) is 0 Å². The third kappa shape index (κ3) is 9.01. The Labute approximate surface area is 535 Å². The van der Waals surface area contributed by atoms with Crippen molar-refractivity contribution in [3.63, 3.8) is 0 Å². The zero-order valence-corrected chi connectivity index (χ0v) is 50.1. The molecule has 9 heteroatoms. The summed E-state index contributed by atoms with van der Waals surface area (Å²) in [6.07, 6.45) is 0. The molecule has 0 N–H and O–H groups in total. The summed E-state index contributed by atoms with van der Waals surface area (Å²) in [5, 5.41) is 6.80. The van der Waals surface area contributed by atoms with Crippen LogP contribution in [0, 0.1) is 0 Å². The normalized spacial score (nSPS) is 11.7. The lowest BCUT2D eigenvalue weighted by molar-refractivity contribution is 1.07. The number of benzene rings is 13. The van der Waals surface area contributed by atoms with Crippen LogP contribution in [0.25, 0.3) is 173 Å². The van der Waals surface area contributed by atoms with Gasteiger partial charge in [-0.3, -0.25) is 0 Å². The van der Waals surface area contributed by atoms with Gasteiger partial charge in [0, 0.05) is 88.0 Å². The molecule has 93 heavy (non-hydrogen) atoms. The highest BCUT2D eigenvalue weighted by Crippen LogP contribution is 2.49. The number of nitrogens with zero attached hydrogens (tertiary/aromatic N) is 9. The summed E-state index contributed by atoms with van der Waals surface area (Å²) in [4.78, 5) is 31.8. The van der Waals surface area contributed by atoms with Gasteiger partial charge in [-0.25, -0.2) is 29.9 Å². The Bertz CT molecular complexity index is 5530. The van der Waals surface area contributed by atoms with Crippen molar-refractivity contribution >= 4 is 65.4 Å². The van der Waals surface area contributed by atoms with E-state index in [1.807, 2.05) is 72.8 Å². The number of fused-ring (bicyclic) bond motifs is 9. The van der Waals surface area contributed by atoms with Gasteiger partial charge < -0.3 is 13.7 Å². The van der Waals surface area contributed by atoms with Crippen molar-refractivity contribution in [1.82, 2.24) is 43.6 Å². The van der Waals surface area contributed by atoms with E-state index >= 15 is 0 Å². The molecule has 0 fully saturated rings. The highest BCUT2D eigenvalue weighted by molar-refractivity contribution is 6.14. The van der Waals surface area contributed by atoms with Crippen LogP contribution in [-0.4, -0.2) is 43.6 Å². The minimum absolute atomic E-state index is 0.536. The lowest BCUT2D eigenvalue weighted by atomic mass is 9.90. The molecule has 0 spiro atoms. The standard InChI is InChI=1S/C84H53N9/c1-5-27-54(28-6-1)79-85-80(55-29-7-2-8-30-55)88-83(87-79)58-49-50-77-67(51-58)64-39-17-26-48-76(64)93(77)78-68(65-40-18-24-46-74(65)91-70-42-20-13-35-60(70)61-36-14-21-43-71(61)91)52-59(84-89-81(56-31-9-3-10-32-56)86-82(90-84)57-33-11-4-12-34-57)53-69(78)66-41-19-25-47-75(66)92-72-44-22-15-37-62(72)63-38-16-23-45-73(63)92/h1-53H. The first-order valence-corrected chi connectivity index (χ1v) is 31.3. The van der Waals surface area contributed by atoms with Gasteiger partial charge in [-0.15, -0.1) is 0 Å². The second kappa shape index (κ2) is 22.1. The van der Waals surface area contributed by atoms with Crippen LogP contribution in [0.1, 0.15) is 0 Å². The van der Waals surface area contributed by atoms with E-state index in [-0.39, 0.29) is 0 Å². The molecular formula is C84H53N9. The van der Waals surface area contributed by atoms with Gasteiger partial charge in [0.1, 0.15) is 0 Å². The molecule has 0 amide bonds. The zero-order chi connectivity index (χ0) is 61.3. The molecule has 0 atom stereocenters. The minimum atomic E-state index is 0.536. The first-order chi connectivity index (χ1) is 46.1. The maximum atomic E-state index is 5.50. The molecule has 0 unspecified atom stereocenters. The van der Waals surface area contributed by atoms with Gasteiger partial charge in [0.05, 0.1) is 50.2 Å². The van der Waals surface area contributed by atoms with E-state index in [4.69, 9.17) is 29.9 Å². The molecule has 0 saturated heterocycles. The van der Waals surface area contributed by atoms with Gasteiger partial charge in [0.25, 0.3) is 0 Å². The molecule has 18 rings (SSSR count). The van der Waals surface area contributed by atoms with Crippen LogP contribution in [0.3, 0.4) is 0 Å². The average molecular weight is 1190 g/mol. The van der Waals surface area contributed by atoms with E-state index in [9.17, 15) is 0 Å². The minimum Gasteiger partial charge on any atom is -0.309 e. The smallest absolute Gasteiger partial charge is 0.164 e. The first-order valence-electron chi connectivity index (χ1n) is 31.3. The quantitative estimate of drug-likeness (QED) is 0.128. The molecule has 434 valence electrons. The van der Waals surface area contributed by atoms with Crippen molar-refractivity contribution < 1.29 is 0 Å². The van der Waals surface area contributed by atoms with Gasteiger partial charge in [0.2, 0.25) is 0 Å². The third-order valence-electron chi connectivity index (χ3n) is 18.0. The van der Waals surface area contributed by atoms with Crippen LogP contribution in [-0.2, 0) is 0 Å². The summed E-state index contributed by atoms with van der Waals surface area (Å²) in [7, 11) is 0.